The molecule has 5 N–H and O–H groups in total. The zero-order valence-electron chi connectivity index (χ0n) is 25.7. The Morgan fingerprint density at radius 3 is 1.76 bits per heavy atom. The van der Waals surface area contributed by atoms with Crippen LogP contribution in [0.25, 0.3) is 0 Å². The molecule has 0 bridgehead atoms. The number of nitrogens with two attached hydrogens (primary N) is 1. The first-order valence-corrected chi connectivity index (χ1v) is 14.9. The average molecular weight is 606 g/mol. The number of hydrogen-bond donors (Lipinski definition) is 4. The van der Waals surface area contributed by atoms with Crippen LogP contribution in [0.2, 0.25) is 0 Å². The largest absolute Gasteiger partial charge is 0.388 e. The maximum atomic E-state index is 11.4. The van der Waals surface area contributed by atoms with Crippen LogP contribution >= 0.6 is 0 Å². The fourth-order valence-corrected chi connectivity index (χ4v) is 5.47. The summed E-state index contributed by atoms with van der Waals surface area (Å²) in [7, 11) is 0. The van der Waals surface area contributed by atoms with E-state index in [-0.39, 0.29) is 36.3 Å². The molecule has 4 heterocycles. The van der Waals surface area contributed by atoms with Crippen molar-refractivity contribution in [3.8, 4) is 0 Å². The molecule has 0 radical (unpaired) electrons. The molecule has 14 nitrogen and oxygen atoms in total. The van der Waals surface area contributed by atoms with Gasteiger partial charge in [0.05, 0.1) is 71.1 Å². The molecule has 14 heteroatoms. The first-order valence-electron chi connectivity index (χ1n) is 14.9. The molecular formula is C28H51N3O11. The molecule has 4 aliphatic rings. The van der Waals surface area contributed by atoms with Crippen molar-refractivity contribution in [1.82, 2.24) is 0 Å². The maximum Gasteiger partial charge on any atom is 0.185 e. The van der Waals surface area contributed by atoms with Gasteiger partial charge in [0, 0.05) is 10.8 Å². The van der Waals surface area contributed by atoms with Gasteiger partial charge < -0.3 is 58.6 Å². The van der Waals surface area contributed by atoms with Crippen molar-refractivity contribution in [2.24, 2.45) is 21.7 Å². The Hall–Kier alpha value is -0.880. The van der Waals surface area contributed by atoms with E-state index in [2.05, 4.69) is 19.0 Å². The number of aliphatic hydroxyl groups excluding tert-OH is 2. The molecule has 0 aliphatic carbocycles. The third-order valence-corrected chi connectivity index (χ3v) is 7.90. The predicted molar refractivity (Wildman–Crippen MR) is 147 cm³/mol. The van der Waals surface area contributed by atoms with Crippen LogP contribution in [-0.2, 0) is 42.6 Å². The normalized spacial score (nSPS) is 39.6. The number of nitrogens with one attached hydrogen (secondary N) is 1. The topological polar surface area (TPSA) is 186 Å². The summed E-state index contributed by atoms with van der Waals surface area (Å²) in [5, 5.41) is 26.2. The molecular weight excluding hydrogens is 554 g/mol. The zero-order valence-corrected chi connectivity index (χ0v) is 25.7. The van der Waals surface area contributed by atoms with Crippen LogP contribution < -0.4 is 5.73 Å². The highest BCUT2D eigenvalue weighted by Crippen LogP contribution is 2.33. The van der Waals surface area contributed by atoms with E-state index >= 15 is 0 Å². The van der Waals surface area contributed by atoms with Gasteiger partial charge in [-0.2, -0.15) is 5.11 Å². The van der Waals surface area contributed by atoms with Crippen LogP contribution in [0.15, 0.2) is 5.11 Å². The van der Waals surface area contributed by atoms with Crippen LogP contribution in [0, 0.1) is 16.4 Å². The summed E-state index contributed by atoms with van der Waals surface area (Å²) < 4.78 is 53.2. The second-order valence-corrected chi connectivity index (χ2v) is 13.3. The van der Waals surface area contributed by atoms with Crippen LogP contribution in [0.3, 0.4) is 0 Å². The van der Waals surface area contributed by atoms with Crippen molar-refractivity contribution in [3.05, 3.63) is 0 Å². The second kappa shape index (κ2) is 14.5. The van der Waals surface area contributed by atoms with Crippen LogP contribution in [-0.4, -0.2) is 137 Å². The van der Waals surface area contributed by atoms with Crippen molar-refractivity contribution in [2.75, 3.05) is 52.9 Å². The molecule has 244 valence electrons. The summed E-state index contributed by atoms with van der Waals surface area (Å²) in [6.45, 7) is 15.0. The first-order chi connectivity index (χ1) is 19.8. The summed E-state index contributed by atoms with van der Waals surface area (Å²) in [6.07, 6.45) is -8.36. The molecule has 0 spiro atoms. The molecule has 0 saturated carbocycles. The summed E-state index contributed by atoms with van der Waals surface area (Å²) in [6, 6.07) is -2.07. The SMILES string of the molecule is CC(C)OC1OC(COCC2(C)COC2)C(OC2OC(COCC3(C)COC3)C(OC(C)C)C(O)C2N)C(O)C1N=N. The first kappa shape index (κ1) is 34.0. The molecule has 4 rings (SSSR count). The van der Waals surface area contributed by atoms with E-state index in [1.165, 1.54) is 0 Å². The van der Waals surface area contributed by atoms with Crippen LogP contribution in [0.1, 0.15) is 41.5 Å². The van der Waals surface area contributed by atoms with Gasteiger partial charge in [0.15, 0.2) is 12.6 Å². The standard InChI is InChI=1S/C28H51N3O11/c1-15(2)38-23-17(7-34-9-27(5)11-36-12-27)40-25(19(29)21(23)32)42-24-18(8-35-10-28(6)13-37-14-28)41-26(39-16(3)4)20(31-30)22(24)33/h15-26,30,32-33H,7-14,29H2,1-6H3. The summed E-state index contributed by atoms with van der Waals surface area (Å²) in [5.41, 5.74) is 14.0. The monoisotopic (exact) mass is 605 g/mol. The minimum Gasteiger partial charge on any atom is -0.388 e. The summed E-state index contributed by atoms with van der Waals surface area (Å²) >= 11 is 0. The number of rotatable bonds is 15. The van der Waals surface area contributed by atoms with Crippen LogP contribution in [0.4, 0.5) is 0 Å². The lowest BCUT2D eigenvalue weighted by Crippen LogP contribution is -2.67. The zero-order chi connectivity index (χ0) is 30.7. The Bertz CT molecular complexity index is 859. The molecule has 4 fully saturated rings. The number of nitrogens with zero attached hydrogens (tertiary/aromatic N) is 1. The number of hydrogen-bond acceptors (Lipinski definition) is 14. The van der Waals surface area contributed by atoms with Gasteiger partial charge in [-0.05, 0) is 27.7 Å². The fraction of sp³-hybridized carbons (Fsp3) is 1.00. The van der Waals surface area contributed by atoms with Gasteiger partial charge in [0.25, 0.3) is 0 Å². The lowest BCUT2D eigenvalue weighted by atomic mass is 9.90. The van der Waals surface area contributed by atoms with E-state index < -0.39 is 61.3 Å². The Kier molecular flexibility index (Phi) is 11.7. The average Bonchev–Trinajstić information content (AvgIpc) is 2.88. The van der Waals surface area contributed by atoms with Crippen molar-refractivity contribution in [1.29, 1.82) is 5.53 Å². The van der Waals surface area contributed by atoms with E-state index in [0.29, 0.717) is 39.6 Å². The highest BCUT2D eigenvalue weighted by molar-refractivity contribution is 4.98. The lowest BCUT2D eigenvalue weighted by Gasteiger charge is -2.48. The molecule has 0 aromatic carbocycles. The molecule has 10 atom stereocenters. The van der Waals surface area contributed by atoms with Crippen molar-refractivity contribution >= 4 is 0 Å². The third kappa shape index (κ3) is 8.23. The molecule has 0 aromatic rings. The Balaban J connectivity index is 1.48. The summed E-state index contributed by atoms with van der Waals surface area (Å²) in [5.74, 6) is 0. The Morgan fingerprint density at radius 2 is 1.31 bits per heavy atom. The second-order valence-electron chi connectivity index (χ2n) is 13.3. The van der Waals surface area contributed by atoms with Crippen molar-refractivity contribution in [2.45, 2.75) is 115 Å². The van der Waals surface area contributed by atoms with Gasteiger partial charge in [0.1, 0.15) is 42.7 Å². The van der Waals surface area contributed by atoms with Gasteiger partial charge >= 0.3 is 0 Å². The number of aliphatic hydroxyl groups is 2. The summed E-state index contributed by atoms with van der Waals surface area (Å²) in [4.78, 5) is 0. The molecule has 4 saturated heterocycles. The van der Waals surface area contributed by atoms with E-state index in [4.69, 9.17) is 53.9 Å². The van der Waals surface area contributed by atoms with E-state index in [1.807, 2.05) is 27.7 Å². The van der Waals surface area contributed by atoms with E-state index in [1.54, 1.807) is 0 Å². The van der Waals surface area contributed by atoms with E-state index in [9.17, 15) is 10.2 Å². The van der Waals surface area contributed by atoms with E-state index in [0.717, 1.165) is 0 Å². The Labute approximate surface area is 248 Å². The smallest absolute Gasteiger partial charge is 0.185 e. The molecule has 0 aromatic heterocycles. The van der Waals surface area contributed by atoms with Gasteiger partial charge in [-0.3, -0.25) is 0 Å². The maximum absolute atomic E-state index is 11.4. The number of ether oxygens (including phenoxy) is 9. The highest BCUT2D eigenvalue weighted by atomic mass is 16.7. The van der Waals surface area contributed by atoms with Crippen molar-refractivity contribution < 1.29 is 52.8 Å². The van der Waals surface area contributed by atoms with Gasteiger partial charge in [0.2, 0.25) is 0 Å². The molecule has 42 heavy (non-hydrogen) atoms. The molecule has 10 unspecified atom stereocenters. The van der Waals surface area contributed by atoms with Gasteiger partial charge in [-0.15, -0.1) is 0 Å². The fourth-order valence-electron chi connectivity index (χ4n) is 5.47. The van der Waals surface area contributed by atoms with Crippen LogP contribution in [0.5, 0.6) is 0 Å². The predicted octanol–water partition coefficient (Wildman–Crippen LogP) is 0.595. The van der Waals surface area contributed by atoms with Crippen molar-refractivity contribution in [3.63, 3.8) is 0 Å². The van der Waals surface area contributed by atoms with Gasteiger partial charge in [-0.25, -0.2) is 5.53 Å². The molecule has 4 aliphatic heterocycles. The molecule has 0 amide bonds. The minimum atomic E-state index is -1.30. The highest BCUT2D eigenvalue weighted by Gasteiger charge is 2.52. The third-order valence-electron chi connectivity index (χ3n) is 7.90. The lowest BCUT2D eigenvalue weighted by molar-refractivity contribution is -0.338. The quantitative estimate of drug-likeness (QED) is 0.191. The van der Waals surface area contributed by atoms with Gasteiger partial charge in [-0.1, -0.05) is 13.8 Å². The Morgan fingerprint density at radius 1 is 0.810 bits per heavy atom. The minimum absolute atomic E-state index is 0.0663.